The molecule has 1 amide bonds. The zero-order valence-electron chi connectivity index (χ0n) is 13.7. The number of nitrogens with zero attached hydrogens (tertiary/aromatic N) is 1. The molecule has 7 heteroatoms. The third kappa shape index (κ3) is 2.15. The number of nitrogens with one attached hydrogen (secondary N) is 1. The number of aliphatic carboxylic acids is 1. The Morgan fingerprint density at radius 1 is 1.43 bits per heavy atom. The van der Waals surface area contributed by atoms with Crippen LogP contribution in [-0.4, -0.2) is 38.5 Å². The quantitative estimate of drug-likeness (QED) is 0.729. The van der Waals surface area contributed by atoms with Crippen LogP contribution < -0.4 is 5.32 Å². The molecule has 1 atom stereocenters. The summed E-state index contributed by atoms with van der Waals surface area (Å²) in [5.74, 6) is -2.63. The van der Waals surface area contributed by atoms with E-state index in [1.807, 2.05) is 0 Å². The van der Waals surface area contributed by atoms with Crippen LogP contribution in [0.25, 0.3) is 1.43 Å². The molecule has 1 aliphatic heterocycles. The Kier molecular flexibility index (Phi) is 3.21. The Morgan fingerprint density at radius 3 is 2.78 bits per heavy atom. The van der Waals surface area contributed by atoms with Gasteiger partial charge in [0.25, 0.3) is 7.34 Å². The van der Waals surface area contributed by atoms with E-state index >= 15 is 0 Å². The number of carboxylic acids is 1. The Morgan fingerprint density at radius 2 is 2.13 bits per heavy atom. The third-order valence-electron chi connectivity index (χ3n) is 4.71. The highest BCUT2D eigenvalue weighted by molar-refractivity contribution is 6.26. The lowest BCUT2D eigenvalue weighted by Crippen LogP contribution is -2.46. The topological polar surface area (TPSA) is 109 Å². The third-order valence-corrected chi connectivity index (χ3v) is 4.71. The molecule has 1 fully saturated rings. The summed E-state index contributed by atoms with van der Waals surface area (Å²) in [6, 6.07) is 2.22. The molecule has 3 N–H and O–H groups in total. The Bertz CT molecular complexity index is 745. The van der Waals surface area contributed by atoms with E-state index in [1.54, 1.807) is 22.9 Å². The van der Waals surface area contributed by atoms with Crippen molar-refractivity contribution in [3.05, 3.63) is 35.4 Å². The molecular weight excluding hydrogens is 300 g/mol. The van der Waals surface area contributed by atoms with Crippen molar-refractivity contribution in [2.24, 2.45) is 0 Å². The lowest BCUT2D eigenvalue weighted by Gasteiger charge is -2.36. The molecule has 23 heavy (non-hydrogen) atoms. The lowest BCUT2D eigenvalue weighted by atomic mass is 9.85. The highest BCUT2D eigenvalue weighted by atomic mass is 16.4. The zero-order chi connectivity index (χ0) is 17.5. The molecule has 0 unspecified atom stereocenters. The van der Waals surface area contributed by atoms with Gasteiger partial charge in [0, 0.05) is 6.20 Å². The maximum atomic E-state index is 12.6. The molecule has 2 aliphatic rings. The maximum absolute atomic E-state index is 12.6. The predicted octanol–water partition coefficient (Wildman–Crippen LogP) is 1.36. The fourth-order valence-electron chi connectivity index (χ4n) is 3.50. The number of aromatic nitrogens is 1. The first-order valence-electron chi connectivity index (χ1n) is 7.97. The molecule has 2 heterocycles. The van der Waals surface area contributed by atoms with Crippen molar-refractivity contribution in [1.82, 2.24) is 9.88 Å². The maximum Gasteiger partial charge on any atom is 0.325 e. The van der Waals surface area contributed by atoms with Crippen LogP contribution in [0.2, 0.25) is 0 Å². The van der Waals surface area contributed by atoms with E-state index in [4.69, 9.17) is 1.43 Å². The van der Waals surface area contributed by atoms with E-state index in [0.29, 0.717) is 18.5 Å². The SMILES string of the molecule is [2H]OC(=O)[C@H](C)NC(=O)C1=C(O)C2(CCCC2)n2cccc2C1=O. The Balaban J connectivity index is 2.01. The Hall–Kier alpha value is -2.57. The fourth-order valence-corrected chi connectivity index (χ4v) is 3.50. The van der Waals surface area contributed by atoms with Crippen LogP contribution in [0.3, 0.4) is 0 Å². The monoisotopic (exact) mass is 319 g/mol. The number of rotatable bonds is 3. The van der Waals surface area contributed by atoms with Gasteiger partial charge in [-0.15, -0.1) is 0 Å². The van der Waals surface area contributed by atoms with Gasteiger partial charge in [-0.3, -0.25) is 14.4 Å². The lowest BCUT2D eigenvalue weighted by molar-refractivity contribution is -0.140. The van der Waals surface area contributed by atoms with Crippen molar-refractivity contribution in [2.75, 3.05) is 0 Å². The van der Waals surface area contributed by atoms with Gasteiger partial charge in [-0.25, -0.2) is 0 Å². The Labute approximate surface area is 134 Å². The molecular formula is C16H18N2O5. The minimum absolute atomic E-state index is 0.252. The van der Waals surface area contributed by atoms with Gasteiger partial charge < -0.3 is 20.1 Å². The molecule has 7 nitrogen and oxygen atoms in total. The van der Waals surface area contributed by atoms with Crippen LogP contribution in [0.5, 0.6) is 0 Å². The fraction of sp³-hybridized carbons (Fsp3) is 0.438. The van der Waals surface area contributed by atoms with Crippen LogP contribution in [0.4, 0.5) is 0 Å². The standard InChI is InChI=1S/C16H18N2O5/c1-9(15(22)23)17-14(21)11-12(19)10-5-4-8-18(10)16(13(11)20)6-2-3-7-16/h4-5,8-9,20H,2-3,6-7H2,1H3,(H,17,21)(H,22,23)/t9-/m0/s1/i/hD. The number of carbonyl (C=O) groups is 3. The molecule has 0 radical (unpaired) electrons. The number of carboxylic acid groups (broad SMARTS) is 1. The summed E-state index contributed by atoms with van der Waals surface area (Å²) in [6.07, 6.45) is 4.77. The summed E-state index contributed by atoms with van der Waals surface area (Å²) in [5.41, 5.74) is -0.776. The number of aliphatic hydroxyl groups is 1. The number of Topliss-reactive ketones (excluding diaryl/α,β-unsaturated/α-hetero) is 1. The molecule has 0 saturated heterocycles. The van der Waals surface area contributed by atoms with E-state index < -0.39 is 29.2 Å². The summed E-state index contributed by atoms with van der Waals surface area (Å²) in [6.45, 7) is 1.34. The zero-order valence-corrected chi connectivity index (χ0v) is 12.7. The first-order valence-corrected chi connectivity index (χ1v) is 7.56. The highest BCUT2D eigenvalue weighted by Crippen LogP contribution is 2.46. The van der Waals surface area contributed by atoms with Crippen molar-refractivity contribution in [3.63, 3.8) is 0 Å². The molecule has 122 valence electrons. The second-order valence-corrected chi connectivity index (χ2v) is 6.07. The average molecular weight is 319 g/mol. The molecule has 1 spiro atoms. The smallest absolute Gasteiger partial charge is 0.325 e. The van der Waals surface area contributed by atoms with Gasteiger partial charge in [0.15, 0.2) is 0 Å². The van der Waals surface area contributed by atoms with Gasteiger partial charge in [-0.05, 0) is 31.9 Å². The number of carbonyl (C=O) groups excluding carboxylic acids is 2. The normalized spacial score (nSPS) is 20.9. The summed E-state index contributed by atoms with van der Waals surface area (Å²) in [7, 11) is 0. The van der Waals surface area contributed by atoms with Crippen molar-refractivity contribution in [1.29, 1.82) is 1.43 Å². The largest absolute Gasteiger partial charge is 0.509 e. The number of ketones is 1. The average Bonchev–Trinajstić information content (AvgIpc) is 3.22. The minimum atomic E-state index is -1.10. The number of aliphatic hydroxyl groups excluding tert-OH is 1. The molecule has 1 saturated carbocycles. The van der Waals surface area contributed by atoms with Gasteiger partial charge in [0.1, 0.15) is 22.9 Å². The van der Waals surface area contributed by atoms with Gasteiger partial charge in [0.2, 0.25) is 5.78 Å². The van der Waals surface area contributed by atoms with Crippen molar-refractivity contribution >= 4 is 17.7 Å². The number of allylic oxidation sites excluding steroid dienone is 1. The van der Waals surface area contributed by atoms with Crippen molar-refractivity contribution < 1.29 is 24.6 Å². The highest BCUT2D eigenvalue weighted by Gasteiger charge is 2.48. The van der Waals surface area contributed by atoms with E-state index in [0.717, 1.165) is 12.8 Å². The van der Waals surface area contributed by atoms with Gasteiger partial charge in [0.05, 0.1) is 5.69 Å². The second kappa shape index (κ2) is 5.26. The first-order chi connectivity index (χ1) is 11.4. The van der Waals surface area contributed by atoms with Crippen LogP contribution in [0.1, 0.15) is 43.1 Å². The molecule has 1 aromatic heterocycles. The molecule has 1 aliphatic carbocycles. The van der Waals surface area contributed by atoms with Crippen LogP contribution in [0.15, 0.2) is 29.7 Å². The summed E-state index contributed by atoms with van der Waals surface area (Å²) in [4.78, 5) is 36.4. The van der Waals surface area contributed by atoms with Gasteiger partial charge in [-0.2, -0.15) is 0 Å². The number of amides is 1. The van der Waals surface area contributed by atoms with Crippen LogP contribution in [-0.2, 0) is 15.1 Å². The molecule has 0 bridgehead atoms. The van der Waals surface area contributed by atoms with Crippen LogP contribution in [0, 0.1) is 0 Å². The number of hydrogen-bond acceptors (Lipinski definition) is 5. The molecule has 0 aromatic carbocycles. The van der Waals surface area contributed by atoms with Crippen molar-refractivity contribution in [3.8, 4) is 0 Å². The number of hydrogen-bond donors (Lipinski definition) is 3. The summed E-state index contributed by atoms with van der Waals surface area (Å²) >= 11 is 0. The van der Waals surface area contributed by atoms with E-state index in [9.17, 15) is 19.5 Å². The van der Waals surface area contributed by atoms with Gasteiger partial charge >= 0.3 is 5.97 Å². The molecule has 1 aromatic rings. The summed E-state index contributed by atoms with van der Waals surface area (Å²) in [5, 5.41) is 16.9. The second-order valence-electron chi connectivity index (χ2n) is 6.07. The van der Waals surface area contributed by atoms with Crippen molar-refractivity contribution in [2.45, 2.75) is 44.2 Å². The predicted molar refractivity (Wildman–Crippen MR) is 80.1 cm³/mol. The first kappa shape index (κ1) is 14.0. The van der Waals surface area contributed by atoms with Gasteiger partial charge in [-0.1, -0.05) is 12.8 Å². The molecule has 3 rings (SSSR count). The van der Waals surface area contributed by atoms with E-state index in [-0.39, 0.29) is 11.3 Å². The summed E-state index contributed by atoms with van der Waals surface area (Å²) < 4.78 is 8.33. The van der Waals surface area contributed by atoms with E-state index in [2.05, 4.69) is 10.4 Å². The number of fused-ring (bicyclic) bond motifs is 2. The van der Waals surface area contributed by atoms with Crippen LogP contribution >= 0.6 is 0 Å². The van der Waals surface area contributed by atoms with E-state index in [1.165, 1.54) is 6.92 Å². The minimum Gasteiger partial charge on any atom is -0.509 e.